The second-order valence-corrected chi connectivity index (χ2v) is 10.8. The summed E-state index contributed by atoms with van der Waals surface area (Å²) in [4.78, 5) is 45.4. The summed E-state index contributed by atoms with van der Waals surface area (Å²) in [5.41, 5.74) is 1.08. The molecule has 1 aliphatic rings. The van der Waals surface area contributed by atoms with Crippen LogP contribution in [0.3, 0.4) is 0 Å². The van der Waals surface area contributed by atoms with Crippen LogP contribution >= 0.6 is 11.3 Å². The Bertz CT molecular complexity index is 1680. The molecule has 0 radical (unpaired) electrons. The Morgan fingerprint density at radius 1 is 0.977 bits per heavy atom. The lowest BCUT2D eigenvalue weighted by atomic mass is 9.95. The molecule has 1 saturated heterocycles. The number of anilines is 1. The van der Waals surface area contributed by atoms with E-state index in [2.05, 4.69) is 11.9 Å². The SMILES string of the molecule is CCCCOc1ccc(C(O)=C2C(=O)C(=O)N(c3nc(C)c(C(=O)OC)s3)C2c2cccc(Oc3ccccc3)c2)cc1. The topological polar surface area (TPSA) is 115 Å². The standard InChI is InChI=1S/C33H30N2O7S/c1-4-5-18-41-23-16-14-21(15-17-23)28(36)26-27(22-10-9-13-25(19-22)42-24-11-7-6-8-12-24)35(31(38)29(26)37)33-34-20(2)30(43-33)32(39)40-3/h6-17,19,27,36H,4-5,18H2,1-3H3. The Morgan fingerprint density at radius 3 is 2.40 bits per heavy atom. The lowest BCUT2D eigenvalue weighted by Gasteiger charge is -2.23. The highest BCUT2D eigenvalue weighted by molar-refractivity contribution is 7.17. The van der Waals surface area contributed by atoms with E-state index < -0.39 is 23.7 Å². The molecule has 0 aliphatic carbocycles. The van der Waals surface area contributed by atoms with Gasteiger partial charge in [-0.1, -0.05) is 55.0 Å². The smallest absolute Gasteiger partial charge is 0.350 e. The number of carbonyl (C=O) groups excluding carboxylic acids is 3. The Morgan fingerprint density at radius 2 is 1.70 bits per heavy atom. The number of hydrogen-bond acceptors (Lipinski definition) is 9. The first-order valence-electron chi connectivity index (χ1n) is 13.7. The maximum Gasteiger partial charge on any atom is 0.350 e. The van der Waals surface area contributed by atoms with Crippen molar-refractivity contribution in [2.75, 3.05) is 18.6 Å². The number of benzene rings is 3. The second-order valence-electron chi connectivity index (χ2n) is 9.79. The monoisotopic (exact) mass is 598 g/mol. The largest absolute Gasteiger partial charge is 0.507 e. The van der Waals surface area contributed by atoms with E-state index in [4.69, 9.17) is 14.2 Å². The van der Waals surface area contributed by atoms with Gasteiger partial charge in [-0.05, 0) is 67.4 Å². The molecule has 1 N–H and O–H groups in total. The minimum absolute atomic E-state index is 0.117. The Balaban J connectivity index is 1.61. The fourth-order valence-electron chi connectivity index (χ4n) is 4.68. The fraction of sp³-hybridized carbons (Fsp3) is 0.212. The number of thiazole rings is 1. The highest BCUT2D eigenvalue weighted by Crippen LogP contribution is 2.44. The number of aromatic nitrogens is 1. The molecule has 1 aliphatic heterocycles. The maximum absolute atomic E-state index is 13.6. The molecule has 0 saturated carbocycles. The number of esters is 1. The van der Waals surface area contributed by atoms with E-state index in [0.717, 1.165) is 24.2 Å². The van der Waals surface area contributed by atoms with E-state index in [1.54, 1.807) is 67.6 Å². The summed E-state index contributed by atoms with van der Waals surface area (Å²) >= 11 is 0.937. The van der Waals surface area contributed by atoms with Gasteiger partial charge in [0.25, 0.3) is 5.78 Å². The first-order valence-corrected chi connectivity index (χ1v) is 14.6. The van der Waals surface area contributed by atoms with Gasteiger partial charge < -0.3 is 19.3 Å². The van der Waals surface area contributed by atoms with Gasteiger partial charge in [0, 0.05) is 5.56 Å². The van der Waals surface area contributed by atoms with Crippen LogP contribution in [-0.2, 0) is 14.3 Å². The molecule has 0 bridgehead atoms. The van der Waals surface area contributed by atoms with Crippen molar-refractivity contribution < 1.29 is 33.7 Å². The number of Topliss-reactive ketones (excluding diaryl/α,β-unsaturated/α-hetero) is 1. The zero-order valence-corrected chi connectivity index (χ0v) is 24.7. The van der Waals surface area contributed by atoms with Crippen LogP contribution in [0.5, 0.6) is 17.2 Å². The van der Waals surface area contributed by atoms with Crippen molar-refractivity contribution in [3.8, 4) is 17.2 Å². The second kappa shape index (κ2) is 12.9. The number of para-hydroxylation sites is 1. The molecule has 43 heavy (non-hydrogen) atoms. The van der Waals surface area contributed by atoms with Gasteiger partial charge in [-0.15, -0.1) is 0 Å². The zero-order valence-electron chi connectivity index (χ0n) is 23.9. The lowest BCUT2D eigenvalue weighted by Crippen LogP contribution is -2.29. The van der Waals surface area contributed by atoms with Crippen LogP contribution in [0.25, 0.3) is 5.76 Å². The van der Waals surface area contributed by atoms with Gasteiger partial charge in [0.2, 0.25) is 0 Å². The number of aliphatic hydroxyl groups is 1. The summed E-state index contributed by atoms with van der Waals surface area (Å²) < 4.78 is 16.6. The van der Waals surface area contributed by atoms with Crippen molar-refractivity contribution in [2.45, 2.75) is 32.7 Å². The van der Waals surface area contributed by atoms with Gasteiger partial charge >= 0.3 is 11.9 Å². The first-order chi connectivity index (χ1) is 20.8. The van der Waals surface area contributed by atoms with Gasteiger partial charge in [-0.3, -0.25) is 14.5 Å². The third-order valence-corrected chi connectivity index (χ3v) is 7.99. The average molecular weight is 599 g/mol. The van der Waals surface area contributed by atoms with E-state index >= 15 is 0 Å². The van der Waals surface area contributed by atoms with Gasteiger partial charge in [0.1, 0.15) is 27.9 Å². The van der Waals surface area contributed by atoms with Crippen molar-refractivity contribution in [2.24, 2.45) is 0 Å². The summed E-state index contributed by atoms with van der Waals surface area (Å²) in [6, 6.07) is 21.7. The summed E-state index contributed by atoms with van der Waals surface area (Å²) in [5, 5.41) is 11.6. The molecule has 10 heteroatoms. The van der Waals surface area contributed by atoms with Crippen molar-refractivity contribution in [3.05, 3.63) is 106 Å². The summed E-state index contributed by atoms with van der Waals surface area (Å²) in [7, 11) is 1.26. The number of amides is 1. The Hall–Kier alpha value is -4.96. The molecule has 0 spiro atoms. The van der Waals surface area contributed by atoms with Crippen LogP contribution in [0.4, 0.5) is 5.13 Å². The predicted octanol–water partition coefficient (Wildman–Crippen LogP) is 6.84. The predicted molar refractivity (Wildman–Crippen MR) is 163 cm³/mol. The molecular weight excluding hydrogens is 568 g/mol. The average Bonchev–Trinajstić information content (AvgIpc) is 3.53. The summed E-state index contributed by atoms with van der Waals surface area (Å²) in [6.45, 7) is 4.26. The molecule has 3 aromatic carbocycles. The third kappa shape index (κ3) is 6.14. The number of aliphatic hydroxyl groups excluding tert-OH is 1. The van der Waals surface area contributed by atoms with Crippen LogP contribution in [0, 0.1) is 6.92 Å². The van der Waals surface area contributed by atoms with Gasteiger partial charge in [-0.2, -0.15) is 0 Å². The van der Waals surface area contributed by atoms with Gasteiger partial charge in [0.05, 0.1) is 31.0 Å². The van der Waals surface area contributed by atoms with Crippen molar-refractivity contribution >= 4 is 39.9 Å². The summed E-state index contributed by atoms with van der Waals surface area (Å²) in [6.07, 6.45) is 1.91. The van der Waals surface area contributed by atoms with Crippen molar-refractivity contribution in [1.29, 1.82) is 0 Å². The van der Waals surface area contributed by atoms with Crippen LogP contribution < -0.4 is 14.4 Å². The quantitative estimate of drug-likeness (QED) is 0.0694. The highest BCUT2D eigenvalue weighted by atomic mass is 32.1. The number of rotatable bonds is 10. The molecule has 1 amide bonds. The van der Waals surface area contributed by atoms with Crippen LogP contribution in [0.2, 0.25) is 0 Å². The van der Waals surface area contributed by atoms with E-state index in [0.29, 0.717) is 40.7 Å². The number of nitrogens with zero attached hydrogens (tertiary/aromatic N) is 2. The molecule has 1 aromatic heterocycles. The number of carbonyl (C=O) groups is 3. The molecule has 9 nitrogen and oxygen atoms in total. The van der Waals surface area contributed by atoms with Crippen LogP contribution in [-0.4, -0.2) is 41.5 Å². The number of methoxy groups -OCH3 is 1. The number of hydrogen-bond donors (Lipinski definition) is 1. The lowest BCUT2D eigenvalue weighted by molar-refractivity contribution is -0.132. The van der Waals surface area contributed by atoms with Crippen LogP contribution in [0.1, 0.15) is 52.3 Å². The minimum atomic E-state index is -1.06. The first kappa shape index (κ1) is 29.5. The molecule has 4 aromatic rings. The van der Waals surface area contributed by atoms with E-state index in [-0.39, 0.29) is 21.3 Å². The van der Waals surface area contributed by atoms with E-state index in [9.17, 15) is 19.5 Å². The zero-order chi connectivity index (χ0) is 30.5. The number of unbranched alkanes of at least 4 members (excludes halogenated alkanes) is 1. The Labute approximate surface area is 253 Å². The molecule has 1 atom stereocenters. The van der Waals surface area contributed by atoms with Crippen LogP contribution in [0.15, 0.2) is 84.4 Å². The molecule has 2 heterocycles. The third-order valence-electron chi connectivity index (χ3n) is 6.85. The molecule has 5 rings (SSSR count). The van der Waals surface area contributed by atoms with E-state index in [1.807, 2.05) is 18.2 Å². The Kier molecular flexibility index (Phi) is 8.87. The highest BCUT2D eigenvalue weighted by Gasteiger charge is 2.48. The maximum atomic E-state index is 13.6. The van der Waals surface area contributed by atoms with Gasteiger partial charge in [-0.25, -0.2) is 9.78 Å². The minimum Gasteiger partial charge on any atom is -0.507 e. The van der Waals surface area contributed by atoms with E-state index in [1.165, 1.54) is 12.0 Å². The molecule has 1 fully saturated rings. The molecule has 220 valence electrons. The van der Waals surface area contributed by atoms with Gasteiger partial charge in [0.15, 0.2) is 5.13 Å². The number of ether oxygens (including phenoxy) is 3. The molecular formula is C33H30N2O7S. The molecule has 1 unspecified atom stereocenters. The van der Waals surface area contributed by atoms with Crippen molar-refractivity contribution in [1.82, 2.24) is 4.98 Å². The fourth-order valence-corrected chi connectivity index (χ4v) is 5.70. The normalized spacial score (nSPS) is 15.9. The number of ketones is 1. The number of aryl methyl sites for hydroxylation is 1. The van der Waals surface area contributed by atoms with Crippen molar-refractivity contribution in [3.63, 3.8) is 0 Å². The summed E-state index contributed by atoms with van der Waals surface area (Å²) in [5.74, 6) is -1.02.